The molecule has 0 aromatic heterocycles. The average Bonchev–Trinajstić information content (AvgIpc) is 2.54. The largest absolute Gasteiger partial charge is 0.303 e. The van der Waals surface area contributed by atoms with Gasteiger partial charge in [-0.25, -0.2) is 17.1 Å². The maximum Gasteiger partial charge on any atom is 0.213 e. The Morgan fingerprint density at radius 3 is 2.62 bits per heavy atom. The van der Waals surface area contributed by atoms with E-state index in [0.717, 1.165) is 32.5 Å². The van der Waals surface area contributed by atoms with E-state index in [1.807, 2.05) is 12.1 Å². The maximum absolute atomic E-state index is 12.9. The molecule has 1 aliphatic rings. The Morgan fingerprint density at radius 1 is 1.25 bits per heavy atom. The predicted octanol–water partition coefficient (Wildman–Crippen LogP) is 2.75. The number of benzene rings is 1. The lowest BCUT2D eigenvalue weighted by Crippen LogP contribution is -2.37. The smallest absolute Gasteiger partial charge is 0.213 e. The van der Waals surface area contributed by atoms with Gasteiger partial charge < -0.3 is 4.90 Å². The molecule has 1 fully saturated rings. The molecule has 1 heterocycles. The van der Waals surface area contributed by atoms with Gasteiger partial charge in [-0.1, -0.05) is 12.1 Å². The Labute approximate surface area is 145 Å². The molecule has 1 saturated heterocycles. The molecule has 6 heteroatoms. The Kier molecular flexibility index (Phi) is 7.19. The highest BCUT2D eigenvalue weighted by Crippen LogP contribution is 2.22. The molecule has 0 spiro atoms. The number of hydrogen-bond donors (Lipinski definition) is 0. The van der Waals surface area contributed by atoms with Gasteiger partial charge in [0.25, 0.3) is 0 Å². The second kappa shape index (κ2) is 8.92. The van der Waals surface area contributed by atoms with Crippen molar-refractivity contribution >= 4 is 10.0 Å². The minimum absolute atomic E-state index is 0.185. The maximum atomic E-state index is 12.9. The molecule has 1 aromatic rings. The highest BCUT2D eigenvalue weighted by atomic mass is 32.2. The summed E-state index contributed by atoms with van der Waals surface area (Å²) in [5, 5.41) is 0. The van der Waals surface area contributed by atoms with Crippen molar-refractivity contribution in [2.75, 3.05) is 39.5 Å². The van der Waals surface area contributed by atoms with Crippen LogP contribution in [0.3, 0.4) is 0 Å². The Bertz CT molecular complexity index is 602. The molecule has 1 aliphatic heterocycles. The highest BCUT2D eigenvalue weighted by Gasteiger charge is 2.20. The summed E-state index contributed by atoms with van der Waals surface area (Å²) in [5.41, 5.74) is 1.19. The number of aryl methyl sites for hydroxylation is 1. The van der Waals surface area contributed by atoms with Crippen molar-refractivity contribution < 1.29 is 12.8 Å². The summed E-state index contributed by atoms with van der Waals surface area (Å²) in [5.74, 6) is 0.682. The lowest BCUT2D eigenvalue weighted by Gasteiger charge is -2.32. The highest BCUT2D eigenvalue weighted by molar-refractivity contribution is 7.89. The van der Waals surface area contributed by atoms with Crippen LogP contribution in [0.1, 0.15) is 31.2 Å². The summed E-state index contributed by atoms with van der Waals surface area (Å²) in [7, 11) is 0.0838. The zero-order valence-corrected chi connectivity index (χ0v) is 15.6. The van der Waals surface area contributed by atoms with E-state index in [2.05, 4.69) is 4.90 Å². The fourth-order valence-corrected chi connectivity index (χ4v) is 4.12. The van der Waals surface area contributed by atoms with E-state index in [4.69, 9.17) is 0 Å². The number of nitrogens with zero attached hydrogens (tertiary/aromatic N) is 2. The first-order valence-electron chi connectivity index (χ1n) is 8.74. The molecule has 0 radical (unpaired) electrons. The molecular formula is C18H29FN2O2S. The number of likely N-dealkylation sites (tertiary alicyclic amines) is 1. The van der Waals surface area contributed by atoms with Gasteiger partial charge >= 0.3 is 0 Å². The number of rotatable bonds is 8. The molecule has 0 aliphatic carbocycles. The SMILES string of the molecule is CN(C)S(=O)(=O)CCCN1CCC[C@H](CCc2ccc(F)cc2)C1. The van der Waals surface area contributed by atoms with Crippen LogP contribution in [0, 0.1) is 11.7 Å². The molecule has 0 unspecified atom stereocenters. The molecule has 4 nitrogen and oxygen atoms in total. The van der Waals surface area contributed by atoms with E-state index in [1.54, 1.807) is 14.1 Å². The van der Waals surface area contributed by atoms with Gasteiger partial charge in [0.05, 0.1) is 5.75 Å². The molecule has 136 valence electrons. The van der Waals surface area contributed by atoms with Gasteiger partial charge in [0.15, 0.2) is 0 Å². The summed E-state index contributed by atoms with van der Waals surface area (Å²) < 4.78 is 37.8. The van der Waals surface area contributed by atoms with Crippen LogP contribution in [0.4, 0.5) is 4.39 Å². The lowest BCUT2D eigenvalue weighted by atomic mass is 9.91. The van der Waals surface area contributed by atoms with Crippen LogP contribution in [0.5, 0.6) is 0 Å². The summed E-state index contributed by atoms with van der Waals surface area (Å²) in [6.07, 6.45) is 5.18. The first-order valence-corrected chi connectivity index (χ1v) is 10.3. The van der Waals surface area contributed by atoms with Crippen molar-refractivity contribution in [3.05, 3.63) is 35.6 Å². The van der Waals surface area contributed by atoms with E-state index < -0.39 is 10.0 Å². The minimum atomic E-state index is -3.09. The molecule has 1 atom stereocenters. The normalized spacial score (nSPS) is 19.8. The zero-order valence-electron chi connectivity index (χ0n) is 14.7. The van der Waals surface area contributed by atoms with Gasteiger partial charge in [0.2, 0.25) is 10.0 Å². The fraction of sp³-hybridized carbons (Fsp3) is 0.667. The van der Waals surface area contributed by atoms with Crippen LogP contribution < -0.4 is 0 Å². The van der Waals surface area contributed by atoms with Crippen LogP contribution >= 0.6 is 0 Å². The summed E-state index contributed by atoms with van der Waals surface area (Å²) in [4.78, 5) is 2.39. The third-order valence-electron chi connectivity index (χ3n) is 4.79. The minimum Gasteiger partial charge on any atom is -0.303 e. The lowest BCUT2D eigenvalue weighted by molar-refractivity contribution is 0.169. The average molecular weight is 357 g/mol. The number of hydrogen-bond acceptors (Lipinski definition) is 3. The second-order valence-corrected chi connectivity index (χ2v) is 9.23. The fourth-order valence-electron chi connectivity index (χ4n) is 3.27. The Hall–Kier alpha value is -0.980. The Balaban J connectivity index is 1.72. The van der Waals surface area contributed by atoms with Crippen molar-refractivity contribution in [2.24, 2.45) is 5.92 Å². The van der Waals surface area contributed by atoms with Crippen molar-refractivity contribution in [1.29, 1.82) is 0 Å². The second-order valence-electron chi connectivity index (χ2n) is 6.93. The van der Waals surface area contributed by atoms with Crippen molar-refractivity contribution in [3.63, 3.8) is 0 Å². The molecule has 0 saturated carbocycles. The quantitative estimate of drug-likeness (QED) is 0.719. The van der Waals surface area contributed by atoms with Gasteiger partial charge in [-0.3, -0.25) is 0 Å². The molecule has 0 amide bonds. The van der Waals surface area contributed by atoms with Crippen molar-refractivity contribution in [1.82, 2.24) is 9.21 Å². The van der Waals surface area contributed by atoms with Crippen LogP contribution in [-0.2, 0) is 16.4 Å². The van der Waals surface area contributed by atoms with Crippen LogP contribution in [0.25, 0.3) is 0 Å². The number of halogens is 1. The standard InChI is InChI=1S/C18H29FN2O2S/c1-20(2)24(22,23)14-4-13-21-12-3-5-17(15-21)7-6-16-8-10-18(19)11-9-16/h8-11,17H,3-7,12-15H2,1-2H3/t17-/m1/s1. The molecule has 24 heavy (non-hydrogen) atoms. The third-order valence-corrected chi connectivity index (χ3v) is 6.71. The van der Waals surface area contributed by atoms with E-state index in [9.17, 15) is 12.8 Å². The number of sulfonamides is 1. The van der Waals surface area contributed by atoms with Crippen LogP contribution in [-0.4, -0.2) is 57.1 Å². The monoisotopic (exact) mass is 356 g/mol. The van der Waals surface area contributed by atoms with E-state index in [0.29, 0.717) is 12.3 Å². The Morgan fingerprint density at radius 2 is 1.96 bits per heavy atom. The van der Waals surface area contributed by atoms with E-state index >= 15 is 0 Å². The summed E-state index contributed by atoms with van der Waals surface area (Å²) in [6.45, 7) is 2.96. The third kappa shape index (κ3) is 6.15. The topological polar surface area (TPSA) is 40.6 Å². The predicted molar refractivity (Wildman–Crippen MR) is 96.0 cm³/mol. The molecule has 1 aromatic carbocycles. The van der Waals surface area contributed by atoms with Crippen molar-refractivity contribution in [2.45, 2.75) is 32.1 Å². The van der Waals surface area contributed by atoms with Gasteiger partial charge in [0, 0.05) is 20.6 Å². The van der Waals surface area contributed by atoms with Gasteiger partial charge in [0.1, 0.15) is 5.82 Å². The van der Waals surface area contributed by atoms with E-state index in [-0.39, 0.29) is 11.6 Å². The van der Waals surface area contributed by atoms with Crippen molar-refractivity contribution in [3.8, 4) is 0 Å². The van der Waals surface area contributed by atoms with Crippen LogP contribution in [0.2, 0.25) is 0 Å². The van der Waals surface area contributed by atoms with Gasteiger partial charge in [-0.15, -0.1) is 0 Å². The summed E-state index contributed by atoms with van der Waals surface area (Å²) >= 11 is 0. The van der Waals surface area contributed by atoms with E-state index in [1.165, 1.54) is 34.8 Å². The first kappa shape index (κ1) is 19.3. The molecular weight excluding hydrogens is 327 g/mol. The van der Waals surface area contributed by atoms with Gasteiger partial charge in [-0.2, -0.15) is 0 Å². The molecule has 0 N–H and O–H groups in total. The number of piperidine rings is 1. The zero-order chi connectivity index (χ0) is 17.6. The van der Waals surface area contributed by atoms with Gasteiger partial charge in [-0.05, 0) is 68.8 Å². The summed E-state index contributed by atoms with van der Waals surface area (Å²) in [6, 6.07) is 6.77. The molecule has 0 bridgehead atoms. The van der Waals surface area contributed by atoms with Crippen LogP contribution in [0.15, 0.2) is 24.3 Å². The molecule has 2 rings (SSSR count). The first-order chi connectivity index (χ1) is 11.4.